The van der Waals surface area contributed by atoms with Crippen LogP contribution in [0, 0.1) is 5.82 Å². The van der Waals surface area contributed by atoms with Crippen molar-refractivity contribution in [3.05, 3.63) is 71.2 Å². The van der Waals surface area contributed by atoms with Crippen molar-refractivity contribution in [3.8, 4) is 22.4 Å². The molecule has 0 amide bonds. The highest BCUT2D eigenvalue weighted by molar-refractivity contribution is 5.85. The molecule has 3 N–H and O–H groups in total. The maximum atomic E-state index is 13.8. The highest BCUT2D eigenvalue weighted by Gasteiger charge is 2.26. The monoisotopic (exact) mass is 491 g/mol. The molecular weight excluding hydrogens is 461 g/mol. The van der Waals surface area contributed by atoms with Crippen LogP contribution in [0.3, 0.4) is 0 Å². The van der Waals surface area contributed by atoms with E-state index in [4.69, 9.17) is 10.1 Å². The van der Waals surface area contributed by atoms with Crippen molar-refractivity contribution in [2.75, 3.05) is 0 Å². The number of carbonyl (C=O) groups is 1. The fraction of sp³-hybridized carbons (Fsp3) is 0.357. The topological polar surface area (TPSA) is 116 Å². The second-order valence-corrected chi connectivity index (χ2v) is 9.42. The average molecular weight is 492 g/mol. The van der Waals surface area contributed by atoms with Gasteiger partial charge in [-0.15, -0.1) is 0 Å². The van der Waals surface area contributed by atoms with Crippen molar-refractivity contribution in [1.29, 1.82) is 0 Å². The second kappa shape index (κ2) is 11.1. The Morgan fingerprint density at radius 3 is 2.61 bits per heavy atom. The number of hydrogen-bond acceptors (Lipinski definition) is 6. The van der Waals surface area contributed by atoms with Crippen molar-refractivity contribution in [1.82, 2.24) is 15.0 Å². The quantitative estimate of drug-likeness (QED) is 0.423. The van der Waals surface area contributed by atoms with Crippen LogP contribution in [0.25, 0.3) is 28.5 Å². The predicted octanol–water partition coefficient (Wildman–Crippen LogP) is 4.56. The van der Waals surface area contributed by atoms with Crippen molar-refractivity contribution < 1.29 is 24.5 Å². The lowest BCUT2D eigenvalue weighted by atomic mass is 9.87. The molecular formula is C28H30FN3O4. The van der Waals surface area contributed by atoms with E-state index in [-0.39, 0.29) is 18.2 Å². The number of aliphatic carboxylic acids is 1. The lowest BCUT2D eigenvalue weighted by Gasteiger charge is -2.22. The minimum Gasteiger partial charge on any atom is -0.481 e. The molecule has 8 heteroatoms. The molecule has 0 spiro atoms. The highest BCUT2D eigenvalue weighted by atomic mass is 19.1. The van der Waals surface area contributed by atoms with Crippen molar-refractivity contribution in [3.63, 3.8) is 0 Å². The van der Waals surface area contributed by atoms with Gasteiger partial charge >= 0.3 is 5.97 Å². The Morgan fingerprint density at radius 1 is 1.17 bits per heavy atom. The van der Waals surface area contributed by atoms with Gasteiger partial charge in [-0.25, -0.2) is 14.4 Å². The van der Waals surface area contributed by atoms with E-state index in [1.807, 2.05) is 13.8 Å². The van der Waals surface area contributed by atoms with Crippen LogP contribution in [0.2, 0.25) is 0 Å². The van der Waals surface area contributed by atoms with Crippen LogP contribution in [0.15, 0.2) is 42.9 Å². The molecule has 4 rings (SSSR count). The summed E-state index contributed by atoms with van der Waals surface area (Å²) in [6.07, 6.45) is 6.32. The molecule has 1 aromatic carbocycles. The van der Waals surface area contributed by atoms with Gasteiger partial charge in [-0.2, -0.15) is 0 Å². The molecule has 0 fully saturated rings. The maximum absolute atomic E-state index is 13.8. The third-order valence-electron chi connectivity index (χ3n) is 6.34. The zero-order valence-electron chi connectivity index (χ0n) is 20.4. The van der Waals surface area contributed by atoms with Crippen LogP contribution < -0.4 is 0 Å². The Morgan fingerprint density at radius 2 is 1.92 bits per heavy atom. The second-order valence-electron chi connectivity index (χ2n) is 9.42. The molecule has 2 aromatic heterocycles. The molecule has 0 unspecified atom stereocenters. The first kappa shape index (κ1) is 25.6. The van der Waals surface area contributed by atoms with Gasteiger partial charge in [0.25, 0.3) is 0 Å². The van der Waals surface area contributed by atoms with Gasteiger partial charge in [0, 0.05) is 23.7 Å². The molecule has 0 bridgehead atoms. The highest BCUT2D eigenvalue weighted by Crippen LogP contribution is 2.41. The van der Waals surface area contributed by atoms with E-state index in [1.54, 1.807) is 36.8 Å². The van der Waals surface area contributed by atoms with Crippen molar-refractivity contribution in [2.45, 2.75) is 64.1 Å². The van der Waals surface area contributed by atoms with Crippen LogP contribution in [0.1, 0.15) is 61.5 Å². The third kappa shape index (κ3) is 5.66. The number of hydrogen-bond donors (Lipinski definition) is 3. The summed E-state index contributed by atoms with van der Waals surface area (Å²) in [6.45, 7) is 4.07. The van der Waals surface area contributed by atoms with E-state index in [0.29, 0.717) is 0 Å². The van der Waals surface area contributed by atoms with Gasteiger partial charge in [0.2, 0.25) is 0 Å². The number of aliphatic hydroxyl groups excluding tert-OH is 2. The number of halogens is 1. The van der Waals surface area contributed by atoms with E-state index in [1.165, 1.54) is 12.1 Å². The van der Waals surface area contributed by atoms with Gasteiger partial charge in [-0.3, -0.25) is 9.78 Å². The smallest absolute Gasteiger partial charge is 0.305 e. The summed E-state index contributed by atoms with van der Waals surface area (Å²) >= 11 is 0. The number of aromatic nitrogens is 3. The SMILES string of the molecule is CC(C)c1nc2c(c(-c3ccc(F)cc3)c1C=C[C@@H](O)C[C@@H](O)CC(=O)O)CCCc1ncncc1-2. The Kier molecular flexibility index (Phi) is 7.86. The molecule has 3 aromatic rings. The molecule has 0 radical (unpaired) electrons. The van der Waals surface area contributed by atoms with Crippen molar-refractivity contribution >= 4 is 12.0 Å². The van der Waals surface area contributed by atoms with Crippen LogP contribution in [-0.4, -0.2) is 48.4 Å². The van der Waals surface area contributed by atoms with Gasteiger partial charge in [0.15, 0.2) is 0 Å². The fourth-order valence-electron chi connectivity index (χ4n) is 4.71. The standard InChI is InChI=1S/C28H30FN3O4/c1-16(2)27-22(11-10-19(33)12-20(34)13-25(35)36)26(17-6-8-18(29)9-7-17)21-4-3-5-24-23(28(21)32-27)14-30-15-31-24/h6-11,14-16,19-20,33-34H,3-5,12-13H2,1-2H3,(H,35,36)/t19-,20-/m1/s1. The van der Waals surface area contributed by atoms with E-state index in [2.05, 4.69) is 9.97 Å². The summed E-state index contributed by atoms with van der Waals surface area (Å²) in [6, 6.07) is 6.34. The molecule has 36 heavy (non-hydrogen) atoms. The molecule has 188 valence electrons. The molecule has 0 saturated carbocycles. The molecule has 0 saturated heterocycles. The number of aliphatic hydroxyl groups is 2. The third-order valence-corrected chi connectivity index (χ3v) is 6.34. The molecule has 2 atom stereocenters. The van der Waals surface area contributed by atoms with Crippen LogP contribution in [-0.2, 0) is 17.6 Å². The molecule has 7 nitrogen and oxygen atoms in total. The summed E-state index contributed by atoms with van der Waals surface area (Å²) in [5.74, 6) is -1.43. The summed E-state index contributed by atoms with van der Waals surface area (Å²) in [4.78, 5) is 24.7. The summed E-state index contributed by atoms with van der Waals surface area (Å²) in [5, 5.41) is 29.3. The largest absolute Gasteiger partial charge is 0.481 e. The Balaban J connectivity index is 1.90. The first-order valence-electron chi connectivity index (χ1n) is 12.1. The average Bonchev–Trinajstić information content (AvgIpc) is 3.01. The summed E-state index contributed by atoms with van der Waals surface area (Å²) < 4.78 is 13.8. The minimum atomic E-state index is -1.16. The normalized spacial score (nSPS) is 14.8. The van der Waals surface area contributed by atoms with E-state index in [0.717, 1.165) is 64.2 Å². The number of benzene rings is 1. The number of fused-ring (bicyclic) bond motifs is 3. The zero-order valence-corrected chi connectivity index (χ0v) is 20.4. The van der Waals surface area contributed by atoms with E-state index >= 15 is 0 Å². The van der Waals surface area contributed by atoms with Crippen molar-refractivity contribution in [2.24, 2.45) is 0 Å². The fourth-order valence-corrected chi connectivity index (χ4v) is 4.71. The van der Waals surface area contributed by atoms with Gasteiger partial charge in [0.1, 0.15) is 12.1 Å². The van der Waals surface area contributed by atoms with E-state index in [9.17, 15) is 19.4 Å². The van der Waals surface area contributed by atoms with Crippen LogP contribution >= 0.6 is 0 Å². The van der Waals surface area contributed by atoms with E-state index < -0.39 is 24.6 Å². The van der Waals surface area contributed by atoms with Gasteiger partial charge in [0.05, 0.1) is 35.7 Å². The lowest BCUT2D eigenvalue weighted by Crippen LogP contribution is -2.19. The predicted molar refractivity (Wildman–Crippen MR) is 135 cm³/mol. The molecule has 1 aliphatic carbocycles. The van der Waals surface area contributed by atoms with Crippen LogP contribution in [0.4, 0.5) is 4.39 Å². The van der Waals surface area contributed by atoms with Gasteiger partial charge in [-0.1, -0.05) is 38.1 Å². The first-order valence-corrected chi connectivity index (χ1v) is 12.1. The Hall–Kier alpha value is -3.49. The first-order chi connectivity index (χ1) is 17.2. The minimum absolute atomic E-state index is 0.0280. The van der Waals surface area contributed by atoms with Gasteiger partial charge in [-0.05, 0) is 54.0 Å². The van der Waals surface area contributed by atoms with Crippen LogP contribution in [0.5, 0.6) is 0 Å². The number of aryl methyl sites for hydroxylation is 1. The Bertz CT molecular complexity index is 1270. The maximum Gasteiger partial charge on any atom is 0.305 e. The number of carboxylic acid groups (broad SMARTS) is 1. The molecule has 2 heterocycles. The Labute approximate surface area is 209 Å². The summed E-state index contributed by atoms with van der Waals surface area (Å²) in [7, 11) is 0. The number of pyridine rings is 1. The lowest BCUT2D eigenvalue weighted by molar-refractivity contribution is -0.139. The van der Waals surface area contributed by atoms with Gasteiger partial charge < -0.3 is 15.3 Å². The zero-order chi connectivity index (χ0) is 25.8. The summed E-state index contributed by atoms with van der Waals surface area (Å²) in [5.41, 5.74) is 7.03. The molecule has 0 aliphatic heterocycles. The number of carboxylic acids is 1. The molecule has 1 aliphatic rings. The number of rotatable bonds is 8. The number of nitrogens with zero attached hydrogens (tertiary/aromatic N) is 3.